The minimum absolute atomic E-state index is 0.364. The van der Waals surface area contributed by atoms with E-state index in [9.17, 15) is 0 Å². The molecule has 0 spiro atoms. The molecule has 1 aromatic rings. The van der Waals surface area contributed by atoms with Crippen molar-refractivity contribution in [3.8, 4) is 12.3 Å². The van der Waals surface area contributed by atoms with Crippen molar-refractivity contribution in [2.24, 2.45) is 5.84 Å². The molecule has 16 heavy (non-hydrogen) atoms. The molecule has 2 nitrogen and oxygen atoms in total. The number of unbranched alkanes of at least 4 members (excludes halogenated alkanes) is 1. The number of terminal acetylenes is 1. The van der Waals surface area contributed by atoms with E-state index in [1.54, 1.807) is 0 Å². The van der Waals surface area contributed by atoms with E-state index in [-0.39, 0.29) is 0 Å². The number of rotatable bonds is 5. The van der Waals surface area contributed by atoms with Gasteiger partial charge < -0.3 is 0 Å². The van der Waals surface area contributed by atoms with Crippen LogP contribution < -0.4 is 11.3 Å². The lowest BCUT2D eigenvalue weighted by Crippen LogP contribution is -2.43. The summed E-state index contributed by atoms with van der Waals surface area (Å²) in [5, 5.41) is 0. The summed E-state index contributed by atoms with van der Waals surface area (Å²) >= 11 is 0. The summed E-state index contributed by atoms with van der Waals surface area (Å²) in [5.41, 5.74) is 5.85. The molecular formula is C14H18N2. The zero-order valence-electron chi connectivity index (χ0n) is 9.45. The quantitative estimate of drug-likeness (QED) is 0.340. The Morgan fingerprint density at radius 1 is 1.50 bits per heavy atom. The second kappa shape index (κ2) is 5.16. The van der Waals surface area contributed by atoms with Crippen LogP contribution in [0, 0.1) is 12.3 Å². The SMILES string of the molecule is C#CCCCC(NN)C1Cc2ccccc21. The monoisotopic (exact) mass is 214 g/mol. The Morgan fingerprint density at radius 2 is 2.31 bits per heavy atom. The van der Waals surface area contributed by atoms with Crippen molar-refractivity contribution in [3.63, 3.8) is 0 Å². The van der Waals surface area contributed by atoms with Crippen molar-refractivity contribution in [2.45, 2.75) is 37.6 Å². The molecule has 0 heterocycles. The van der Waals surface area contributed by atoms with Gasteiger partial charge in [0.2, 0.25) is 0 Å². The summed E-state index contributed by atoms with van der Waals surface area (Å²) in [6.45, 7) is 0. The first kappa shape index (κ1) is 11.2. The summed E-state index contributed by atoms with van der Waals surface area (Å²) < 4.78 is 0. The summed E-state index contributed by atoms with van der Waals surface area (Å²) in [6.07, 6.45) is 9.33. The van der Waals surface area contributed by atoms with Crippen LogP contribution in [-0.4, -0.2) is 6.04 Å². The number of benzene rings is 1. The molecule has 0 amide bonds. The molecule has 1 aliphatic rings. The first-order valence-electron chi connectivity index (χ1n) is 5.84. The highest BCUT2D eigenvalue weighted by atomic mass is 15.2. The number of nitrogens with two attached hydrogens (primary N) is 1. The Hall–Kier alpha value is -1.30. The predicted octanol–water partition coefficient (Wildman–Crippen LogP) is 1.96. The maximum Gasteiger partial charge on any atom is 0.0282 e. The van der Waals surface area contributed by atoms with Crippen LogP contribution in [0.25, 0.3) is 0 Å². The second-order valence-corrected chi connectivity index (χ2v) is 4.38. The molecule has 0 saturated heterocycles. The molecule has 0 radical (unpaired) electrons. The van der Waals surface area contributed by atoms with Crippen molar-refractivity contribution < 1.29 is 0 Å². The van der Waals surface area contributed by atoms with E-state index >= 15 is 0 Å². The summed E-state index contributed by atoms with van der Waals surface area (Å²) in [6, 6.07) is 8.96. The Kier molecular flexibility index (Phi) is 3.61. The third kappa shape index (κ3) is 2.11. The largest absolute Gasteiger partial charge is 0.271 e. The van der Waals surface area contributed by atoms with Crippen LogP contribution in [0.5, 0.6) is 0 Å². The second-order valence-electron chi connectivity index (χ2n) is 4.38. The molecule has 0 aromatic heterocycles. The number of hydrogen-bond donors (Lipinski definition) is 2. The van der Waals surface area contributed by atoms with E-state index in [0.717, 1.165) is 25.7 Å². The summed E-state index contributed by atoms with van der Waals surface area (Å²) in [7, 11) is 0. The Balaban J connectivity index is 1.96. The molecule has 2 rings (SSSR count). The van der Waals surface area contributed by atoms with Crippen LogP contribution in [-0.2, 0) is 6.42 Å². The van der Waals surface area contributed by atoms with Crippen molar-refractivity contribution in [1.29, 1.82) is 0 Å². The van der Waals surface area contributed by atoms with E-state index in [2.05, 4.69) is 35.6 Å². The van der Waals surface area contributed by atoms with Gasteiger partial charge in [-0.2, -0.15) is 0 Å². The van der Waals surface area contributed by atoms with Gasteiger partial charge in [-0.3, -0.25) is 11.3 Å². The first-order chi connectivity index (χ1) is 7.86. The normalized spacial score (nSPS) is 19.4. The third-order valence-corrected chi connectivity index (χ3v) is 3.43. The van der Waals surface area contributed by atoms with E-state index in [4.69, 9.17) is 12.3 Å². The molecule has 2 unspecified atom stereocenters. The van der Waals surface area contributed by atoms with Gasteiger partial charge in [-0.15, -0.1) is 12.3 Å². The summed E-state index contributed by atoms with van der Waals surface area (Å²) in [5.74, 6) is 8.86. The fraction of sp³-hybridized carbons (Fsp3) is 0.429. The zero-order valence-corrected chi connectivity index (χ0v) is 9.45. The minimum atomic E-state index is 0.364. The molecule has 1 aromatic carbocycles. The van der Waals surface area contributed by atoms with Crippen molar-refractivity contribution in [2.75, 3.05) is 0 Å². The predicted molar refractivity (Wildman–Crippen MR) is 66.7 cm³/mol. The van der Waals surface area contributed by atoms with Gasteiger partial charge in [0.25, 0.3) is 0 Å². The van der Waals surface area contributed by atoms with E-state index < -0.39 is 0 Å². The fourth-order valence-corrected chi connectivity index (χ4v) is 2.48. The van der Waals surface area contributed by atoms with Gasteiger partial charge in [0, 0.05) is 18.4 Å². The highest BCUT2D eigenvalue weighted by molar-refractivity contribution is 5.41. The summed E-state index contributed by atoms with van der Waals surface area (Å²) in [4.78, 5) is 0. The smallest absolute Gasteiger partial charge is 0.0282 e. The van der Waals surface area contributed by atoms with Crippen LogP contribution in [0.2, 0.25) is 0 Å². The molecule has 0 aliphatic heterocycles. The first-order valence-corrected chi connectivity index (χ1v) is 5.84. The number of hydrogen-bond acceptors (Lipinski definition) is 2. The van der Waals surface area contributed by atoms with Gasteiger partial charge >= 0.3 is 0 Å². The molecule has 1 aliphatic carbocycles. The van der Waals surface area contributed by atoms with Crippen molar-refractivity contribution >= 4 is 0 Å². The molecule has 2 heteroatoms. The standard InChI is InChI=1S/C14H18N2/c1-2-3-4-9-14(16-15)13-10-11-7-5-6-8-12(11)13/h1,5-8,13-14,16H,3-4,9-10,15H2. The van der Waals surface area contributed by atoms with E-state index in [1.165, 1.54) is 11.1 Å². The lowest BCUT2D eigenvalue weighted by Gasteiger charge is -2.36. The van der Waals surface area contributed by atoms with Gasteiger partial charge in [-0.25, -0.2) is 0 Å². The molecule has 3 N–H and O–H groups in total. The van der Waals surface area contributed by atoms with Gasteiger partial charge in [-0.05, 0) is 30.4 Å². The van der Waals surface area contributed by atoms with Crippen LogP contribution in [0.1, 0.15) is 36.3 Å². The minimum Gasteiger partial charge on any atom is -0.271 e. The number of nitrogens with one attached hydrogen (secondary N) is 1. The molecule has 0 saturated carbocycles. The Bertz CT molecular complexity index is 392. The molecule has 0 fully saturated rings. The van der Waals surface area contributed by atoms with Gasteiger partial charge in [0.05, 0.1) is 0 Å². The molecule has 2 atom stereocenters. The molecular weight excluding hydrogens is 196 g/mol. The lowest BCUT2D eigenvalue weighted by molar-refractivity contribution is 0.379. The number of fused-ring (bicyclic) bond motifs is 1. The third-order valence-electron chi connectivity index (χ3n) is 3.43. The average molecular weight is 214 g/mol. The maximum atomic E-state index is 5.62. The van der Waals surface area contributed by atoms with Crippen molar-refractivity contribution in [1.82, 2.24) is 5.43 Å². The van der Waals surface area contributed by atoms with Gasteiger partial charge in [-0.1, -0.05) is 24.3 Å². The molecule has 0 bridgehead atoms. The van der Waals surface area contributed by atoms with Crippen LogP contribution >= 0.6 is 0 Å². The Morgan fingerprint density at radius 3 is 3.00 bits per heavy atom. The average Bonchev–Trinajstić information content (AvgIpc) is 2.29. The number of hydrazine groups is 1. The highest BCUT2D eigenvalue weighted by Gasteiger charge is 2.31. The fourth-order valence-electron chi connectivity index (χ4n) is 2.48. The van der Waals surface area contributed by atoms with Crippen LogP contribution in [0.15, 0.2) is 24.3 Å². The lowest BCUT2D eigenvalue weighted by atomic mass is 9.72. The van der Waals surface area contributed by atoms with E-state index in [0.29, 0.717) is 12.0 Å². The van der Waals surface area contributed by atoms with Gasteiger partial charge in [0.15, 0.2) is 0 Å². The maximum absolute atomic E-state index is 5.62. The van der Waals surface area contributed by atoms with E-state index in [1.807, 2.05) is 0 Å². The van der Waals surface area contributed by atoms with Gasteiger partial charge in [0.1, 0.15) is 0 Å². The molecule has 84 valence electrons. The highest BCUT2D eigenvalue weighted by Crippen LogP contribution is 2.38. The van der Waals surface area contributed by atoms with Crippen LogP contribution in [0.4, 0.5) is 0 Å². The Labute approximate surface area is 97.2 Å². The zero-order chi connectivity index (χ0) is 11.4. The topological polar surface area (TPSA) is 38.0 Å². The van der Waals surface area contributed by atoms with Crippen molar-refractivity contribution in [3.05, 3.63) is 35.4 Å². The van der Waals surface area contributed by atoms with Crippen LogP contribution in [0.3, 0.4) is 0 Å².